The summed E-state index contributed by atoms with van der Waals surface area (Å²) in [4.78, 5) is 48.5. The van der Waals surface area contributed by atoms with Crippen molar-refractivity contribution in [2.45, 2.75) is 65.0 Å². The molecule has 1 aliphatic carbocycles. The van der Waals surface area contributed by atoms with Gasteiger partial charge in [-0.3, -0.25) is 19.3 Å². The minimum absolute atomic E-state index is 0.0296. The third-order valence-electron chi connectivity index (χ3n) is 9.03. The Morgan fingerprint density at radius 1 is 1.07 bits per heavy atom. The molecule has 1 saturated heterocycles. The molecule has 8 heteroatoms. The van der Waals surface area contributed by atoms with Crippen LogP contribution in [-0.2, 0) is 39.2 Å². The smallest absolute Gasteiger partial charge is 0.244 e. The van der Waals surface area contributed by atoms with Gasteiger partial charge in [0.1, 0.15) is 12.4 Å². The lowest BCUT2D eigenvalue weighted by atomic mass is 9.79. The number of aromatic nitrogens is 1. The van der Waals surface area contributed by atoms with Gasteiger partial charge in [-0.25, -0.2) is 4.98 Å². The highest BCUT2D eigenvalue weighted by molar-refractivity contribution is 6.06. The van der Waals surface area contributed by atoms with E-state index in [0.29, 0.717) is 30.9 Å². The Hall–Kier alpha value is -4.04. The van der Waals surface area contributed by atoms with Crippen molar-refractivity contribution in [3.05, 3.63) is 88.6 Å². The number of nitrogens with zero attached hydrogens (tertiary/aromatic N) is 3. The van der Waals surface area contributed by atoms with Crippen LogP contribution in [0.1, 0.15) is 68.0 Å². The Morgan fingerprint density at radius 3 is 2.57 bits per heavy atom. The van der Waals surface area contributed by atoms with Gasteiger partial charge in [-0.05, 0) is 79.7 Å². The van der Waals surface area contributed by atoms with Crippen molar-refractivity contribution in [3.63, 3.8) is 0 Å². The Kier molecular flexibility index (Phi) is 7.13. The first-order valence-electron chi connectivity index (χ1n) is 14.8. The molecule has 8 nitrogen and oxygen atoms in total. The first-order chi connectivity index (χ1) is 20.0. The molecule has 0 bridgehead atoms. The van der Waals surface area contributed by atoms with Crippen LogP contribution in [0, 0.1) is 5.41 Å². The van der Waals surface area contributed by atoms with Gasteiger partial charge >= 0.3 is 0 Å². The predicted molar refractivity (Wildman–Crippen MR) is 163 cm³/mol. The summed E-state index contributed by atoms with van der Waals surface area (Å²) in [5, 5.41) is 5.96. The largest absolute Gasteiger partial charge is 0.329 e. The van der Waals surface area contributed by atoms with E-state index in [4.69, 9.17) is 0 Å². The lowest BCUT2D eigenvalue weighted by Crippen LogP contribution is -2.44. The van der Waals surface area contributed by atoms with E-state index in [1.807, 2.05) is 63.2 Å². The van der Waals surface area contributed by atoms with Gasteiger partial charge in [-0.15, -0.1) is 0 Å². The first-order valence-corrected chi connectivity index (χ1v) is 14.8. The highest BCUT2D eigenvalue weighted by atomic mass is 16.2. The standard InChI is InChI=1S/C34H39N5O3/c1-22(38-15-8-16-38)27-10-6-5-9-24(27)20-39(32(42)33(2,3)4)21-29(40)36-26-13-12-23-18-34(19-25(23)17-26)28-11-7-14-35-30(28)37-31(34)41/h5-7,9-14,17,22H,8,15-16,18-21H2,1-4H3,(H,36,40)(H,35,37,41). The summed E-state index contributed by atoms with van der Waals surface area (Å²) in [5.41, 5.74) is 4.69. The quantitative estimate of drug-likeness (QED) is 0.427. The molecule has 3 heterocycles. The lowest BCUT2D eigenvalue weighted by Gasteiger charge is -2.38. The third-order valence-corrected chi connectivity index (χ3v) is 9.03. The molecule has 3 aromatic rings. The highest BCUT2D eigenvalue weighted by Gasteiger charge is 2.51. The summed E-state index contributed by atoms with van der Waals surface area (Å²) >= 11 is 0. The zero-order valence-electron chi connectivity index (χ0n) is 24.9. The van der Waals surface area contributed by atoms with Gasteiger partial charge < -0.3 is 15.5 Å². The van der Waals surface area contributed by atoms with Crippen molar-refractivity contribution >= 4 is 29.2 Å². The Labute approximate surface area is 247 Å². The van der Waals surface area contributed by atoms with E-state index < -0.39 is 10.8 Å². The molecule has 0 saturated carbocycles. The van der Waals surface area contributed by atoms with E-state index in [1.165, 1.54) is 12.0 Å². The summed E-state index contributed by atoms with van der Waals surface area (Å²) in [5.74, 6) is 0.285. The molecule has 0 radical (unpaired) electrons. The molecule has 1 aromatic heterocycles. The summed E-state index contributed by atoms with van der Waals surface area (Å²) in [6.07, 6.45) is 4.05. The van der Waals surface area contributed by atoms with Gasteiger partial charge in [0.25, 0.3) is 0 Å². The molecule has 2 aromatic carbocycles. The predicted octanol–water partition coefficient (Wildman–Crippen LogP) is 4.85. The number of benzene rings is 2. The number of hydrogen-bond acceptors (Lipinski definition) is 5. The van der Waals surface area contributed by atoms with Gasteiger partial charge in [0.2, 0.25) is 17.7 Å². The number of anilines is 2. The fraction of sp³-hybridized carbons (Fsp3) is 0.412. The zero-order valence-corrected chi connectivity index (χ0v) is 24.9. The van der Waals surface area contributed by atoms with Crippen LogP contribution in [0.15, 0.2) is 60.8 Å². The number of hydrogen-bond donors (Lipinski definition) is 2. The summed E-state index contributed by atoms with van der Waals surface area (Å²) in [6, 6.07) is 18.2. The maximum absolute atomic E-state index is 13.6. The van der Waals surface area contributed by atoms with Crippen LogP contribution in [-0.4, -0.2) is 52.1 Å². The van der Waals surface area contributed by atoms with E-state index in [9.17, 15) is 14.4 Å². The molecule has 218 valence electrons. The fourth-order valence-corrected chi connectivity index (χ4v) is 6.61. The van der Waals surface area contributed by atoms with Gasteiger partial charge in [-0.2, -0.15) is 0 Å². The van der Waals surface area contributed by atoms with E-state index in [1.54, 1.807) is 11.1 Å². The molecule has 42 heavy (non-hydrogen) atoms. The van der Waals surface area contributed by atoms with Gasteiger partial charge in [0, 0.05) is 35.4 Å². The van der Waals surface area contributed by atoms with E-state index >= 15 is 0 Å². The molecule has 2 N–H and O–H groups in total. The molecule has 2 atom stereocenters. The molecule has 2 unspecified atom stereocenters. The van der Waals surface area contributed by atoms with Gasteiger partial charge in [-0.1, -0.05) is 57.2 Å². The number of carbonyl (C=O) groups is 3. The topological polar surface area (TPSA) is 94.6 Å². The number of carbonyl (C=O) groups excluding carboxylic acids is 3. The number of likely N-dealkylation sites (tertiary alicyclic amines) is 1. The Balaban J connectivity index is 1.19. The van der Waals surface area contributed by atoms with Crippen LogP contribution >= 0.6 is 0 Å². The molecule has 6 rings (SSSR count). The molecule has 2 aliphatic heterocycles. The second-order valence-electron chi connectivity index (χ2n) is 13.0. The third kappa shape index (κ3) is 5.09. The second-order valence-corrected chi connectivity index (χ2v) is 13.0. The van der Waals surface area contributed by atoms with Crippen LogP contribution < -0.4 is 10.6 Å². The number of pyridine rings is 1. The second kappa shape index (κ2) is 10.7. The van der Waals surface area contributed by atoms with Crippen LogP contribution in [0.4, 0.5) is 11.5 Å². The maximum atomic E-state index is 13.6. The van der Waals surface area contributed by atoms with Crippen LogP contribution in [0.2, 0.25) is 0 Å². The fourth-order valence-electron chi connectivity index (χ4n) is 6.61. The summed E-state index contributed by atoms with van der Waals surface area (Å²) in [6.45, 7) is 10.4. The lowest BCUT2D eigenvalue weighted by molar-refractivity contribution is -0.142. The molecular formula is C34H39N5O3. The van der Waals surface area contributed by atoms with Crippen molar-refractivity contribution in [3.8, 4) is 0 Å². The number of fused-ring (bicyclic) bond motifs is 3. The van der Waals surface area contributed by atoms with Crippen molar-refractivity contribution in [1.29, 1.82) is 0 Å². The molecule has 3 amide bonds. The normalized spacial score (nSPS) is 20.0. The Morgan fingerprint density at radius 2 is 1.83 bits per heavy atom. The van der Waals surface area contributed by atoms with Gasteiger partial charge in [0.05, 0.1) is 5.41 Å². The van der Waals surface area contributed by atoms with Crippen molar-refractivity contribution in [2.75, 3.05) is 30.3 Å². The average molecular weight is 566 g/mol. The van der Waals surface area contributed by atoms with E-state index in [0.717, 1.165) is 35.3 Å². The SMILES string of the molecule is CC(c1ccccc1CN(CC(=O)Nc1ccc2c(c1)CC1(C2)C(=O)Nc2ncccc21)C(=O)C(C)(C)C)N1CCC1. The number of nitrogens with one attached hydrogen (secondary N) is 2. The van der Waals surface area contributed by atoms with Crippen LogP contribution in [0.3, 0.4) is 0 Å². The first kappa shape index (κ1) is 28.1. The molecule has 1 spiro atoms. The Bertz CT molecular complexity index is 1560. The maximum Gasteiger partial charge on any atom is 0.244 e. The van der Waals surface area contributed by atoms with E-state index in [-0.39, 0.29) is 30.3 Å². The van der Waals surface area contributed by atoms with Gasteiger partial charge in [0.15, 0.2) is 0 Å². The van der Waals surface area contributed by atoms with Crippen molar-refractivity contribution in [1.82, 2.24) is 14.8 Å². The highest BCUT2D eigenvalue weighted by Crippen LogP contribution is 2.47. The van der Waals surface area contributed by atoms with Crippen LogP contribution in [0.25, 0.3) is 0 Å². The molecule has 1 fully saturated rings. The van der Waals surface area contributed by atoms with Crippen molar-refractivity contribution in [2.24, 2.45) is 5.41 Å². The summed E-state index contributed by atoms with van der Waals surface area (Å²) in [7, 11) is 0. The molecule has 3 aliphatic rings. The molecular weight excluding hydrogens is 526 g/mol. The zero-order chi connectivity index (χ0) is 29.6. The number of rotatable bonds is 7. The minimum atomic E-state index is -0.662. The average Bonchev–Trinajstić information content (AvgIpc) is 3.43. The summed E-state index contributed by atoms with van der Waals surface area (Å²) < 4.78 is 0. The van der Waals surface area contributed by atoms with Crippen molar-refractivity contribution < 1.29 is 14.4 Å². The minimum Gasteiger partial charge on any atom is -0.329 e. The monoisotopic (exact) mass is 565 g/mol. The number of amides is 3. The van der Waals surface area contributed by atoms with Crippen LogP contribution in [0.5, 0.6) is 0 Å². The van der Waals surface area contributed by atoms with E-state index in [2.05, 4.69) is 39.6 Å².